The van der Waals surface area contributed by atoms with Crippen molar-refractivity contribution in [3.63, 3.8) is 0 Å². The Morgan fingerprint density at radius 1 is 1.00 bits per heavy atom. The number of urea groups is 1. The highest BCUT2D eigenvalue weighted by Crippen LogP contribution is 2.09. The number of amides is 3. The number of carbonyl (C=O) groups is 2. The minimum Gasteiger partial charge on any atom is -0.341 e. The molecular weight excluding hydrogens is 314 g/mol. The highest BCUT2D eigenvalue weighted by atomic mass is 16.2. The fraction of sp³-hybridized carbons (Fsp3) is 0.200. The third-order valence-corrected chi connectivity index (χ3v) is 3.18. The van der Waals surface area contributed by atoms with Gasteiger partial charge in [0.05, 0.1) is 0 Å². The monoisotopic (exact) mass is 335 g/mol. The summed E-state index contributed by atoms with van der Waals surface area (Å²) in [6, 6.07) is 16.4. The van der Waals surface area contributed by atoms with Crippen molar-refractivity contribution in [3.8, 4) is 11.8 Å². The number of benzene rings is 2. The molecule has 5 heteroatoms. The van der Waals surface area contributed by atoms with Crippen LogP contribution < -0.4 is 16.0 Å². The lowest BCUT2D eigenvalue weighted by molar-refractivity contribution is -0.115. The number of carbonyl (C=O) groups excluding carboxylic acids is 2. The molecule has 3 amide bonds. The molecule has 0 spiro atoms. The van der Waals surface area contributed by atoms with Gasteiger partial charge in [-0.3, -0.25) is 4.79 Å². The van der Waals surface area contributed by atoms with E-state index in [9.17, 15) is 9.59 Å². The molecule has 0 aromatic heterocycles. The van der Waals surface area contributed by atoms with Crippen LogP contribution in [0.5, 0.6) is 0 Å². The fourth-order valence-corrected chi connectivity index (χ4v) is 2.01. The summed E-state index contributed by atoms with van der Waals surface area (Å²) in [6.07, 6.45) is 0. The van der Waals surface area contributed by atoms with Gasteiger partial charge < -0.3 is 16.0 Å². The Bertz CT molecular complexity index is 772. The molecule has 0 aliphatic carbocycles. The van der Waals surface area contributed by atoms with Crippen LogP contribution in [0.3, 0.4) is 0 Å². The van der Waals surface area contributed by atoms with Crippen LogP contribution in [-0.2, 0) is 11.3 Å². The lowest BCUT2D eigenvalue weighted by Crippen LogP contribution is -2.34. The van der Waals surface area contributed by atoms with Gasteiger partial charge in [0.1, 0.15) is 0 Å². The van der Waals surface area contributed by atoms with Gasteiger partial charge in [0, 0.05) is 29.8 Å². The molecule has 0 saturated heterocycles. The van der Waals surface area contributed by atoms with Crippen molar-refractivity contribution < 1.29 is 9.59 Å². The van der Waals surface area contributed by atoms with Crippen LogP contribution >= 0.6 is 0 Å². The molecule has 2 aromatic carbocycles. The lowest BCUT2D eigenvalue weighted by atomic mass is 10.2. The van der Waals surface area contributed by atoms with E-state index in [1.807, 2.05) is 56.3 Å². The van der Waals surface area contributed by atoms with Crippen molar-refractivity contribution in [2.24, 2.45) is 0 Å². The van der Waals surface area contributed by atoms with Crippen molar-refractivity contribution in [1.82, 2.24) is 10.6 Å². The summed E-state index contributed by atoms with van der Waals surface area (Å²) in [4.78, 5) is 23.4. The Hall–Kier alpha value is -3.26. The van der Waals surface area contributed by atoms with Gasteiger partial charge in [-0.15, -0.1) is 0 Å². The van der Waals surface area contributed by atoms with Gasteiger partial charge in [0.25, 0.3) is 5.91 Å². The molecule has 0 atom stereocenters. The van der Waals surface area contributed by atoms with E-state index >= 15 is 0 Å². The molecule has 5 nitrogen and oxygen atoms in total. The second kappa shape index (κ2) is 9.14. The van der Waals surface area contributed by atoms with Gasteiger partial charge in [-0.2, -0.15) is 0 Å². The average Bonchev–Trinajstić information content (AvgIpc) is 2.59. The molecule has 2 aromatic rings. The molecule has 0 aliphatic heterocycles. The molecule has 0 fully saturated rings. The Balaban J connectivity index is 1.82. The van der Waals surface area contributed by atoms with Crippen LogP contribution in [0.15, 0.2) is 54.6 Å². The topological polar surface area (TPSA) is 70.2 Å². The Morgan fingerprint density at radius 3 is 2.32 bits per heavy atom. The highest BCUT2D eigenvalue weighted by molar-refractivity contribution is 5.94. The minimum absolute atomic E-state index is 0.0754. The van der Waals surface area contributed by atoms with Crippen LogP contribution in [0.2, 0.25) is 0 Å². The van der Waals surface area contributed by atoms with Crippen LogP contribution in [-0.4, -0.2) is 18.0 Å². The summed E-state index contributed by atoms with van der Waals surface area (Å²) in [7, 11) is 0. The minimum atomic E-state index is -0.331. The third kappa shape index (κ3) is 6.80. The molecule has 0 heterocycles. The maximum Gasteiger partial charge on any atom is 0.319 e. The van der Waals surface area contributed by atoms with Crippen molar-refractivity contribution in [2.45, 2.75) is 26.4 Å². The first kappa shape index (κ1) is 18.1. The smallest absolute Gasteiger partial charge is 0.319 e. The van der Waals surface area contributed by atoms with Crippen molar-refractivity contribution in [2.75, 3.05) is 5.32 Å². The summed E-state index contributed by atoms with van der Waals surface area (Å²) < 4.78 is 0. The van der Waals surface area contributed by atoms with Gasteiger partial charge in [-0.25, -0.2) is 4.79 Å². The van der Waals surface area contributed by atoms with Gasteiger partial charge in [-0.05, 0) is 43.7 Å². The molecule has 0 radical (unpaired) electrons. The average molecular weight is 335 g/mol. The van der Waals surface area contributed by atoms with E-state index in [4.69, 9.17) is 0 Å². The second-order valence-electron chi connectivity index (χ2n) is 5.75. The molecular formula is C20H21N3O2. The zero-order chi connectivity index (χ0) is 18.1. The summed E-state index contributed by atoms with van der Waals surface area (Å²) in [5, 5.41) is 8.24. The maximum absolute atomic E-state index is 11.8. The number of hydrogen-bond acceptors (Lipinski definition) is 2. The van der Waals surface area contributed by atoms with Crippen molar-refractivity contribution in [1.29, 1.82) is 0 Å². The van der Waals surface area contributed by atoms with Gasteiger partial charge in [0.15, 0.2) is 0 Å². The van der Waals surface area contributed by atoms with Crippen LogP contribution in [0.25, 0.3) is 0 Å². The van der Waals surface area contributed by atoms with E-state index in [-0.39, 0.29) is 18.0 Å². The summed E-state index contributed by atoms with van der Waals surface area (Å²) in [5.41, 5.74) is 2.41. The first-order valence-electron chi connectivity index (χ1n) is 8.04. The molecule has 128 valence electrons. The second-order valence-corrected chi connectivity index (χ2v) is 5.75. The first-order valence-corrected chi connectivity index (χ1v) is 8.04. The summed E-state index contributed by atoms with van der Waals surface area (Å²) in [5.74, 6) is 5.04. The normalized spacial score (nSPS) is 9.72. The highest BCUT2D eigenvalue weighted by Gasteiger charge is 2.03. The van der Waals surface area contributed by atoms with E-state index in [2.05, 4.69) is 27.8 Å². The molecule has 25 heavy (non-hydrogen) atoms. The SMILES string of the molecule is CC(C)NC(=O)Nc1ccc(CNC(=O)C#Cc2ccccc2)cc1. The fourth-order valence-electron chi connectivity index (χ4n) is 2.01. The van der Waals surface area contributed by atoms with Gasteiger partial charge in [0.2, 0.25) is 0 Å². The molecule has 0 bridgehead atoms. The standard InChI is InChI=1S/C20H21N3O2/c1-15(2)22-20(25)23-18-11-8-17(9-12-18)14-21-19(24)13-10-16-6-4-3-5-7-16/h3-9,11-12,15H,14H2,1-2H3,(H,21,24)(H2,22,23,25). The molecule has 3 N–H and O–H groups in total. The molecule has 0 aliphatic rings. The van der Waals surface area contributed by atoms with Gasteiger partial charge in [-0.1, -0.05) is 36.3 Å². The largest absolute Gasteiger partial charge is 0.341 e. The third-order valence-electron chi connectivity index (χ3n) is 3.18. The molecule has 2 rings (SSSR count). The molecule has 0 unspecified atom stereocenters. The molecule has 0 saturated carbocycles. The maximum atomic E-state index is 11.8. The Morgan fingerprint density at radius 2 is 1.68 bits per heavy atom. The van der Waals surface area contributed by atoms with Crippen LogP contribution in [0, 0.1) is 11.8 Å². The Kier molecular flexibility index (Phi) is 6.61. The van der Waals surface area contributed by atoms with E-state index in [1.165, 1.54) is 0 Å². The number of hydrogen-bond donors (Lipinski definition) is 3. The summed E-state index contributed by atoms with van der Waals surface area (Å²) in [6.45, 7) is 4.17. The number of rotatable bonds is 4. The van der Waals surface area contributed by atoms with Crippen molar-refractivity contribution >= 4 is 17.6 Å². The first-order chi connectivity index (χ1) is 12.0. The quantitative estimate of drug-likeness (QED) is 0.752. The van der Waals surface area contributed by atoms with E-state index in [0.29, 0.717) is 12.2 Å². The predicted octanol–water partition coefficient (Wildman–Crippen LogP) is 2.88. The van der Waals surface area contributed by atoms with Crippen LogP contribution in [0.1, 0.15) is 25.0 Å². The lowest BCUT2D eigenvalue weighted by Gasteiger charge is -2.10. The number of anilines is 1. The zero-order valence-electron chi connectivity index (χ0n) is 14.3. The predicted molar refractivity (Wildman–Crippen MR) is 98.9 cm³/mol. The van der Waals surface area contributed by atoms with Crippen LogP contribution in [0.4, 0.5) is 10.5 Å². The summed E-state index contributed by atoms with van der Waals surface area (Å²) >= 11 is 0. The van der Waals surface area contributed by atoms with E-state index in [0.717, 1.165) is 11.1 Å². The number of nitrogens with one attached hydrogen (secondary N) is 3. The van der Waals surface area contributed by atoms with E-state index in [1.54, 1.807) is 12.1 Å². The van der Waals surface area contributed by atoms with Crippen molar-refractivity contribution in [3.05, 3.63) is 65.7 Å². The zero-order valence-corrected chi connectivity index (χ0v) is 14.3. The van der Waals surface area contributed by atoms with Gasteiger partial charge >= 0.3 is 6.03 Å². The Labute approximate surface area is 147 Å². The van der Waals surface area contributed by atoms with E-state index < -0.39 is 0 Å².